The summed E-state index contributed by atoms with van der Waals surface area (Å²) < 4.78 is 0.596. The van der Waals surface area contributed by atoms with E-state index in [9.17, 15) is 9.90 Å². The zero-order valence-corrected chi connectivity index (χ0v) is 12.7. The summed E-state index contributed by atoms with van der Waals surface area (Å²) in [7, 11) is 0. The van der Waals surface area contributed by atoms with Crippen molar-refractivity contribution in [2.24, 2.45) is 0 Å². The van der Waals surface area contributed by atoms with Gasteiger partial charge in [0.2, 0.25) is 0 Å². The summed E-state index contributed by atoms with van der Waals surface area (Å²) in [5.74, 6) is -0.927. The molecule has 0 aliphatic carbocycles. The highest BCUT2D eigenvalue weighted by atomic mass is 79.9. The molecule has 4 heteroatoms. The van der Waals surface area contributed by atoms with Gasteiger partial charge in [0.25, 0.3) is 0 Å². The molecule has 0 saturated carbocycles. The smallest absolute Gasteiger partial charge is 0.336 e. The minimum atomic E-state index is -0.927. The van der Waals surface area contributed by atoms with E-state index >= 15 is 0 Å². The number of fused-ring (bicyclic) bond motifs is 1. The molecule has 0 aliphatic rings. The lowest BCUT2D eigenvalue weighted by atomic mass is 10.00. The molecular weight excluding hydrogens is 330 g/mol. The van der Waals surface area contributed by atoms with E-state index < -0.39 is 5.97 Å². The van der Waals surface area contributed by atoms with Crippen LogP contribution in [0.25, 0.3) is 10.9 Å². The van der Waals surface area contributed by atoms with Crippen LogP contribution in [0.2, 0.25) is 0 Å². The van der Waals surface area contributed by atoms with Crippen LogP contribution in [0.4, 0.5) is 0 Å². The van der Waals surface area contributed by atoms with E-state index in [1.807, 2.05) is 36.4 Å². The molecule has 3 aromatic rings. The SMILES string of the molecule is O=C(O)c1cc(Cc2ccnc3ccccc23)ccc1Br. The van der Waals surface area contributed by atoms with Gasteiger partial charge in [0.1, 0.15) is 0 Å². The maximum Gasteiger partial charge on any atom is 0.336 e. The molecule has 3 rings (SSSR count). The number of pyridine rings is 1. The lowest BCUT2D eigenvalue weighted by molar-refractivity contribution is 0.0696. The maximum absolute atomic E-state index is 11.2. The topological polar surface area (TPSA) is 50.2 Å². The lowest BCUT2D eigenvalue weighted by Crippen LogP contribution is -2.00. The third-order valence-corrected chi connectivity index (χ3v) is 4.09. The summed E-state index contributed by atoms with van der Waals surface area (Å²) >= 11 is 3.27. The number of rotatable bonds is 3. The Kier molecular flexibility index (Phi) is 3.71. The second kappa shape index (κ2) is 5.66. The molecule has 21 heavy (non-hydrogen) atoms. The number of benzene rings is 2. The second-order valence-corrected chi connectivity index (χ2v) is 5.64. The number of halogens is 1. The van der Waals surface area contributed by atoms with Crippen LogP contribution in [0, 0.1) is 0 Å². The largest absolute Gasteiger partial charge is 0.478 e. The summed E-state index contributed by atoms with van der Waals surface area (Å²) in [5.41, 5.74) is 3.34. The summed E-state index contributed by atoms with van der Waals surface area (Å²) in [6.45, 7) is 0. The van der Waals surface area contributed by atoms with Crippen LogP contribution in [0.15, 0.2) is 59.2 Å². The first-order chi connectivity index (χ1) is 10.1. The van der Waals surface area contributed by atoms with Crippen molar-refractivity contribution >= 4 is 32.8 Å². The Balaban J connectivity index is 2.03. The summed E-state index contributed by atoms with van der Waals surface area (Å²) in [4.78, 5) is 15.5. The Labute approximate surface area is 130 Å². The van der Waals surface area contributed by atoms with Crippen LogP contribution in [0.3, 0.4) is 0 Å². The van der Waals surface area contributed by atoms with Crippen molar-refractivity contribution in [1.82, 2.24) is 4.98 Å². The van der Waals surface area contributed by atoms with Gasteiger partial charge in [0.15, 0.2) is 0 Å². The fourth-order valence-electron chi connectivity index (χ4n) is 2.38. The standard InChI is InChI=1S/C17H12BrNO2/c18-15-6-5-11(10-14(15)17(20)21)9-12-7-8-19-16-4-2-1-3-13(12)16/h1-8,10H,9H2,(H,20,21). The predicted octanol–water partition coefficient (Wildman–Crippen LogP) is 4.29. The van der Waals surface area contributed by atoms with E-state index in [1.165, 1.54) is 0 Å². The van der Waals surface area contributed by atoms with Gasteiger partial charge < -0.3 is 5.11 Å². The number of aromatic nitrogens is 1. The van der Waals surface area contributed by atoms with Crippen LogP contribution in [-0.4, -0.2) is 16.1 Å². The average Bonchev–Trinajstić information content (AvgIpc) is 2.49. The van der Waals surface area contributed by atoms with Crippen molar-refractivity contribution in [3.63, 3.8) is 0 Å². The normalized spacial score (nSPS) is 10.7. The Morgan fingerprint density at radius 2 is 1.95 bits per heavy atom. The monoisotopic (exact) mass is 341 g/mol. The molecule has 1 heterocycles. The van der Waals surface area contributed by atoms with Gasteiger partial charge >= 0.3 is 5.97 Å². The molecule has 3 nitrogen and oxygen atoms in total. The number of nitrogens with zero attached hydrogens (tertiary/aromatic N) is 1. The Morgan fingerprint density at radius 1 is 1.14 bits per heavy atom. The summed E-state index contributed by atoms with van der Waals surface area (Å²) in [6.07, 6.45) is 2.46. The molecule has 0 radical (unpaired) electrons. The molecule has 2 aromatic carbocycles. The highest BCUT2D eigenvalue weighted by Gasteiger charge is 2.10. The van der Waals surface area contributed by atoms with Crippen LogP contribution in [0.1, 0.15) is 21.5 Å². The molecule has 0 aliphatic heterocycles. The molecule has 0 saturated heterocycles. The number of hydrogen-bond donors (Lipinski definition) is 1. The van der Waals surface area contributed by atoms with Crippen molar-refractivity contribution < 1.29 is 9.90 Å². The zero-order valence-electron chi connectivity index (χ0n) is 11.1. The van der Waals surface area contributed by atoms with Gasteiger partial charge in [0.05, 0.1) is 11.1 Å². The van der Waals surface area contributed by atoms with Gasteiger partial charge in [-0.25, -0.2) is 4.79 Å². The molecule has 0 bridgehead atoms. The van der Waals surface area contributed by atoms with Crippen molar-refractivity contribution in [3.8, 4) is 0 Å². The Morgan fingerprint density at radius 3 is 2.76 bits per heavy atom. The second-order valence-electron chi connectivity index (χ2n) is 4.78. The van der Waals surface area contributed by atoms with Gasteiger partial charge in [-0.2, -0.15) is 0 Å². The van der Waals surface area contributed by atoms with Gasteiger partial charge in [0, 0.05) is 16.1 Å². The third-order valence-electron chi connectivity index (χ3n) is 3.40. The van der Waals surface area contributed by atoms with Crippen molar-refractivity contribution in [1.29, 1.82) is 0 Å². The fourth-order valence-corrected chi connectivity index (χ4v) is 2.79. The molecule has 0 spiro atoms. The molecule has 0 atom stereocenters. The van der Waals surface area contributed by atoms with Gasteiger partial charge in [-0.05, 0) is 57.7 Å². The Hall–Kier alpha value is -2.20. The quantitative estimate of drug-likeness (QED) is 0.773. The maximum atomic E-state index is 11.2. The third kappa shape index (κ3) is 2.81. The fraction of sp³-hybridized carbons (Fsp3) is 0.0588. The molecule has 1 aromatic heterocycles. The molecule has 104 valence electrons. The minimum absolute atomic E-state index is 0.283. The van der Waals surface area contributed by atoms with E-state index in [1.54, 1.807) is 18.3 Å². The number of carboxylic acids is 1. The molecule has 0 fully saturated rings. The first-order valence-corrected chi connectivity index (χ1v) is 7.29. The highest BCUT2D eigenvalue weighted by molar-refractivity contribution is 9.10. The number of carbonyl (C=O) groups is 1. The number of aromatic carboxylic acids is 1. The van der Waals surface area contributed by atoms with Gasteiger partial charge in [-0.1, -0.05) is 24.3 Å². The molecule has 0 amide bonds. The number of hydrogen-bond acceptors (Lipinski definition) is 2. The van der Waals surface area contributed by atoms with E-state index in [4.69, 9.17) is 0 Å². The van der Waals surface area contributed by atoms with E-state index in [-0.39, 0.29) is 5.56 Å². The van der Waals surface area contributed by atoms with Gasteiger partial charge in [-0.15, -0.1) is 0 Å². The van der Waals surface area contributed by atoms with E-state index in [2.05, 4.69) is 20.9 Å². The van der Waals surface area contributed by atoms with Crippen molar-refractivity contribution in [2.75, 3.05) is 0 Å². The first-order valence-electron chi connectivity index (χ1n) is 6.49. The first kappa shape index (κ1) is 13.8. The average molecular weight is 342 g/mol. The van der Waals surface area contributed by atoms with Crippen molar-refractivity contribution in [3.05, 3.63) is 75.9 Å². The van der Waals surface area contributed by atoms with E-state index in [0.29, 0.717) is 10.9 Å². The van der Waals surface area contributed by atoms with Crippen LogP contribution >= 0.6 is 15.9 Å². The van der Waals surface area contributed by atoms with Gasteiger partial charge in [-0.3, -0.25) is 4.98 Å². The molecule has 1 N–H and O–H groups in total. The molecular formula is C17H12BrNO2. The summed E-state index contributed by atoms with van der Waals surface area (Å²) in [5, 5.41) is 10.3. The number of carboxylic acid groups (broad SMARTS) is 1. The lowest BCUT2D eigenvalue weighted by Gasteiger charge is -2.08. The van der Waals surface area contributed by atoms with Crippen molar-refractivity contribution in [2.45, 2.75) is 6.42 Å². The number of para-hydroxylation sites is 1. The predicted molar refractivity (Wildman–Crippen MR) is 85.7 cm³/mol. The van der Waals surface area contributed by atoms with E-state index in [0.717, 1.165) is 22.0 Å². The molecule has 0 unspecified atom stereocenters. The summed E-state index contributed by atoms with van der Waals surface area (Å²) in [6, 6.07) is 15.4. The van der Waals surface area contributed by atoms with Crippen LogP contribution in [-0.2, 0) is 6.42 Å². The van der Waals surface area contributed by atoms with Crippen LogP contribution < -0.4 is 0 Å². The highest BCUT2D eigenvalue weighted by Crippen LogP contribution is 2.23. The van der Waals surface area contributed by atoms with Crippen LogP contribution in [0.5, 0.6) is 0 Å². The Bertz CT molecular complexity index is 825. The minimum Gasteiger partial charge on any atom is -0.478 e. The zero-order chi connectivity index (χ0) is 14.8.